The van der Waals surface area contributed by atoms with Gasteiger partial charge in [-0.1, -0.05) is 66.7 Å². The summed E-state index contributed by atoms with van der Waals surface area (Å²) in [5.41, 5.74) is 4.21. The lowest BCUT2D eigenvalue weighted by Crippen LogP contribution is -2.42. The Morgan fingerprint density at radius 2 is 1.55 bits per heavy atom. The summed E-state index contributed by atoms with van der Waals surface area (Å²) in [6.45, 7) is 0. The number of sulfonamides is 1. The van der Waals surface area contributed by atoms with Crippen molar-refractivity contribution in [2.75, 3.05) is 10.6 Å². The summed E-state index contributed by atoms with van der Waals surface area (Å²) >= 11 is 0. The number of imidazole rings is 1. The third kappa shape index (κ3) is 6.34. The van der Waals surface area contributed by atoms with Gasteiger partial charge in [0.05, 0.1) is 15.9 Å². The van der Waals surface area contributed by atoms with Crippen LogP contribution < -0.4 is 15.4 Å². The number of nitrogens with zero attached hydrogens (tertiary/aromatic N) is 1. The van der Waals surface area contributed by atoms with Gasteiger partial charge in [-0.3, -0.25) is 10.1 Å². The number of para-hydroxylation sites is 2. The number of carboxylic acids is 1. The van der Waals surface area contributed by atoms with Gasteiger partial charge in [0, 0.05) is 5.69 Å². The monoisotopic (exact) mass is 555 g/mol. The number of anilines is 2. The Morgan fingerprint density at radius 1 is 0.825 bits per heavy atom. The highest BCUT2D eigenvalue weighted by Crippen LogP contribution is 2.25. The minimum absolute atomic E-state index is 0.0111. The number of carboxylic acid groups (broad SMARTS) is 1. The average Bonchev–Trinajstić information content (AvgIpc) is 3.35. The summed E-state index contributed by atoms with van der Waals surface area (Å²) in [5.74, 6) is -0.952. The van der Waals surface area contributed by atoms with Crippen molar-refractivity contribution in [2.24, 2.45) is 0 Å². The van der Waals surface area contributed by atoms with Crippen molar-refractivity contribution in [1.29, 1.82) is 0 Å². The molecule has 5 rings (SSSR count). The van der Waals surface area contributed by atoms with E-state index in [2.05, 4.69) is 25.3 Å². The second-order valence-electron chi connectivity index (χ2n) is 8.99. The van der Waals surface area contributed by atoms with E-state index in [9.17, 15) is 23.1 Å². The number of aromatic amines is 1. The smallest absolute Gasteiger partial charge is 0.326 e. The third-order valence-corrected chi connectivity index (χ3v) is 7.61. The summed E-state index contributed by atoms with van der Waals surface area (Å²) in [5, 5.41) is 15.0. The lowest BCUT2D eigenvalue weighted by atomic mass is 10.1. The topological polar surface area (TPSA) is 153 Å². The predicted octanol–water partition coefficient (Wildman–Crippen LogP) is 4.85. The van der Waals surface area contributed by atoms with Crippen LogP contribution in [0.1, 0.15) is 5.56 Å². The quantitative estimate of drug-likeness (QED) is 0.175. The van der Waals surface area contributed by atoms with Crippen LogP contribution in [0.2, 0.25) is 0 Å². The first-order valence-electron chi connectivity index (χ1n) is 12.3. The maximum absolute atomic E-state index is 12.9. The Morgan fingerprint density at radius 3 is 2.27 bits per heavy atom. The van der Waals surface area contributed by atoms with E-state index in [0.29, 0.717) is 22.8 Å². The van der Waals surface area contributed by atoms with Gasteiger partial charge in [0.1, 0.15) is 6.04 Å². The molecular formula is C29H25N5O5S. The summed E-state index contributed by atoms with van der Waals surface area (Å²) < 4.78 is 28.1. The second kappa shape index (κ2) is 11.4. The van der Waals surface area contributed by atoms with Crippen LogP contribution in [0.5, 0.6) is 0 Å². The average molecular weight is 556 g/mol. The van der Waals surface area contributed by atoms with Gasteiger partial charge in [0.25, 0.3) is 0 Å². The summed E-state index contributed by atoms with van der Waals surface area (Å²) in [7, 11) is -4.09. The number of rotatable bonds is 9. The Bertz CT molecular complexity index is 1740. The highest BCUT2D eigenvalue weighted by atomic mass is 32.2. The largest absolute Gasteiger partial charge is 0.480 e. The molecule has 11 heteroatoms. The summed E-state index contributed by atoms with van der Waals surface area (Å²) in [6, 6.07) is 27.5. The molecule has 4 aromatic carbocycles. The molecule has 0 aliphatic heterocycles. The second-order valence-corrected chi connectivity index (χ2v) is 10.7. The van der Waals surface area contributed by atoms with Crippen molar-refractivity contribution in [3.8, 4) is 11.1 Å². The zero-order valence-corrected chi connectivity index (χ0v) is 21.9. The molecule has 2 amide bonds. The van der Waals surface area contributed by atoms with Crippen molar-refractivity contribution >= 4 is 44.7 Å². The van der Waals surface area contributed by atoms with E-state index in [1.54, 1.807) is 60.7 Å². The van der Waals surface area contributed by atoms with Crippen LogP contribution in [0.3, 0.4) is 0 Å². The Hall–Kier alpha value is -5.00. The van der Waals surface area contributed by atoms with Crippen molar-refractivity contribution in [2.45, 2.75) is 17.4 Å². The van der Waals surface area contributed by atoms with E-state index < -0.39 is 28.1 Å². The molecule has 0 unspecified atom stereocenters. The molecule has 202 valence electrons. The van der Waals surface area contributed by atoms with Crippen LogP contribution in [0.4, 0.5) is 16.4 Å². The number of nitrogens with one attached hydrogen (secondary N) is 4. The van der Waals surface area contributed by atoms with Crippen LogP contribution in [-0.4, -0.2) is 41.5 Å². The van der Waals surface area contributed by atoms with Gasteiger partial charge in [-0.05, 0) is 59.5 Å². The normalized spacial score (nSPS) is 12.1. The number of hydrogen-bond donors (Lipinski definition) is 5. The van der Waals surface area contributed by atoms with Gasteiger partial charge in [-0.25, -0.2) is 18.2 Å². The zero-order chi connectivity index (χ0) is 28.1. The maximum Gasteiger partial charge on any atom is 0.326 e. The number of urea groups is 1. The molecule has 0 bridgehead atoms. The molecule has 1 heterocycles. The standard InChI is InChI=1S/C29H25N5O5S/c35-27(36)26(17-19-7-2-1-3-8-19)34-40(38,39)23-15-13-20(14-16-23)21-9-6-10-22(18-21)30-29(37)33-28-31-24-11-4-5-12-25(24)32-28/h1-16,18,26,34H,17H2,(H,35,36)(H3,30,31,32,33,37)/t26-/m0/s1. The van der Waals surface area contributed by atoms with E-state index in [-0.39, 0.29) is 11.3 Å². The Balaban J connectivity index is 1.26. The molecule has 1 aromatic heterocycles. The van der Waals surface area contributed by atoms with Crippen LogP contribution in [0.15, 0.2) is 108 Å². The zero-order valence-electron chi connectivity index (χ0n) is 21.0. The molecule has 5 N–H and O–H groups in total. The van der Waals surface area contributed by atoms with Crippen LogP contribution >= 0.6 is 0 Å². The van der Waals surface area contributed by atoms with Crippen molar-refractivity contribution < 1.29 is 23.1 Å². The molecule has 0 spiro atoms. The molecule has 0 radical (unpaired) electrons. The molecule has 40 heavy (non-hydrogen) atoms. The summed E-state index contributed by atoms with van der Waals surface area (Å²) in [6.07, 6.45) is 0.0111. The van der Waals surface area contributed by atoms with Gasteiger partial charge in [0.15, 0.2) is 0 Å². The SMILES string of the molecule is O=C(Nc1cccc(-c2ccc(S(=O)(=O)N[C@@H](Cc3ccccc3)C(=O)O)cc2)c1)Nc1nc2ccccc2[nH]1. The van der Waals surface area contributed by atoms with E-state index in [1.807, 2.05) is 30.3 Å². The lowest BCUT2D eigenvalue weighted by Gasteiger charge is -2.15. The number of carbonyl (C=O) groups excluding carboxylic acids is 1. The van der Waals surface area contributed by atoms with E-state index in [1.165, 1.54) is 12.1 Å². The maximum atomic E-state index is 12.9. The number of hydrogen-bond acceptors (Lipinski definition) is 5. The minimum Gasteiger partial charge on any atom is -0.480 e. The highest BCUT2D eigenvalue weighted by molar-refractivity contribution is 7.89. The molecule has 0 aliphatic rings. The van der Waals surface area contributed by atoms with Crippen LogP contribution in [0, 0.1) is 0 Å². The van der Waals surface area contributed by atoms with Crippen LogP contribution in [-0.2, 0) is 21.2 Å². The molecule has 10 nitrogen and oxygen atoms in total. The minimum atomic E-state index is -4.09. The number of fused-ring (bicyclic) bond motifs is 1. The highest BCUT2D eigenvalue weighted by Gasteiger charge is 2.25. The first kappa shape index (κ1) is 26.6. The van der Waals surface area contributed by atoms with Crippen LogP contribution in [0.25, 0.3) is 22.2 Å². The lowest BCUT2D eigenvalue weighted by molar-refractivity contribution is -0.138. The molecule has 0 saturated carbocycles. The van der Waals surface area contributed by atoms with E-state index >= 15 is 0 Å². The fraction of sp³-hybridized carbons (Fsp3) is 0.0690. The van der Waals surface area contributed by atoms with Crippen molar-refractivity contribution in [3.63, 3.8) is 0 Å². The number of benzene rings is 4. The van der Waals surface area contributed by atoms with Gasteiger partial charge in [0.2, 0.25) is 16.0 Å². The van der Waals surface area contributed by atoms with Gasteiger partial charge >= 0.3 is 12.0 Å². The first-order valence-corrected chi connectivity index (χ1v) is 13.8. The van der Waals surface area contributed by atoms with E-state index in [0.717, 1.165) is 16.6 Å². The number of H-pyrrole nitrogens is 1. The number of amides is 2. The Labute approximate surface area is 230 Å². The first-order chi connectivity index (χ1) is 19.3. The molecule has 0 fully saturated rings. The summed E-state index contributed by atoms with van der Waals surface area (Å²) in [4.78, 5) is 31.5. The number of aliphatic carboxylic acids is 1. The molecular weight excluding hydrogens is 530 g/mol. The molecule has 0 saturated heterocycles. The van der Waals surface area contributed by atoms with Gasteiger partial charge in [-0.15, -0.1) is 0 Å². The molecule has 1 atom stereocenters. The Kier molecular flexibility index (Phi) is 7.58. The van der Waals surface area contributed by atoms with Gasteiger partial charge < -0.3 is 15.4 Å². The third-order valence-electron chi connectivity index (χ3n) is 6.12. The number of aromatic nitrogens is 2. The van der Waals surface area contributed by atoms with Crippen molar-refractivity contribution in [3.05, 3.63) is 109 Å². The molecule has 0 aliphatic carbocycles. The van der Waals surface area contributed by atoms with Gasteiger partial charge in [-0.2, -0.15) is 4.72 Å². The predicted molar refractivity (Wildman–Crippen MR) is 153 cm³/mol. The van der Waals surface area contributed by atoms with E-state index in [4.69, 9.17) is 0 Å². The fourth-order valence-corrected chi connectivity index (χ4v) is 5.36. The van der Waals surface area contributed by atoms with Crippen molar-refractivity contribution in [1.82, 2.24) is 14.7 Å². The molecule has 5 aromatic rings. The number of carbonyl (C=O) groups is 2. The fourth-order valence-electron chi connectivity index (χ4n) is 4.17.